The van der Waals surface area contributed by atoms with Crippen LogP contribution in [0.3, 0.4) is 0 Å². The maximum Gasteiger partial charge on any atom is 0.254 e. The zero-order valence-electron chi connectivity index (χ0n) is 16.1. The number of carbonyl (C=O) groups excluding carboxylic acids is 1. The summed E-state index contributed by atoms with van der Waals surface area (Å²) in [6.07, 6.45) is 3.71. The fourth-order valence-corrected chi connectivity index (χ4v) is 3.67. The number of ether oxygens (including phenoxy) is 1. The average Bonchev–Trinajstić information content (AvgIpc) is 3.13. The highest BCUT2D eigenvalue weighted by Crippen LogP contribution is 2.21. The van der Waals surface area contributed by atoms with Crippen LogP contribution in [0.15, 0.2) is 73.4 Å². The van der Waals surface area contributed by atoms with Crippen LogP contribution in [0.25, 0.3) is 0 Å². The lowest BCUT2D eigenvalue weighted by atomic mass is 10.2. The van der Waals surface area contributed by atoms with Crippen LogP contribution in [0.2, 0.25) is 10.0 Å². The molecule has 0 saturated carbocycles. The summed E-state index contributed by atoms with van der Waals surface area (Å²) in [5.74, 6) is 0.668. The molecule has 0 bridgehead atoms. The van der Waals surface area contributed by atoms with E-state index in [9.17, 15) is 4.79 Å². The molecular weight excluding hydrogens is 407 g/mol. The molecule has 0 aliphatic heterocycles. The molecule has 0 unspecified atom stereocenters. The van der Waals surface area contributed by atoms with Gasteiger partial charge in [-0.2, -0.15) is 0 Å². The van der Waals surface area contributed by atoms with Gasteiger partial charge in [-0.25, -0.2) is 0 Å². The molecule has 4 nitrogen and oxygen atoms in total. The highest BCUT2D eigenvalue weighted by Gasteiger charge is 2.18. The quantitative estimate of drug-likeness (QED) is 0.432. The van der Waals surface area contributed by atoms with Gasteiger partial charge in [0.15, 0.2) is 0 Å². The number of benzene rings is 2. The first-order valence-corrected chi connectivity index (χ1v) is 9.89. The van der Waals surface area contributed by atoms with Gasteiger partial charge in [0, 0.05) is 40.6 Å². The molecule has 0 N–H and O–H groups in total. The van der Waals surface area contributed by atoms with Crippen LogP contribution in [0.5, 0.6) is 5.75 Å². The lowest BCUT2D eigenvalue weighted by molar-refractivity contribution is 0.0759. The van der Waals surface area contributed by atoms with Gasteiger partial charge in [0.2, 0.25) is 0 Å². The van der Waals surface area contributed by atoms with Crippen molar-refractivity contribution in [3.63, 3.8) is 0 Å². The van der Waals surface area contributed by atoms with E-state index in [4.69, 9.17) is 27.9 Å². The van der Waals surface area contributed by atoms with Crippen molar-refractivity contribution in [2.75, 3.05) is 13.7 Å². The highest BCUT2D eigenvalue weighted by atomic mass is 35.5. The van der Waals surface area contributed by atoms with Gasteiger partial charge in [0.25, 0.3) is 5.91 Å². The van der Waals surface area contributed by atoms with Crippen LogP contribution in [0.4, 0.5) is 0 Å². The van der Waals surface area contributed by atoms with Crippen molar-refractivity contribution < 1.29 is 9.53 Å². The van der Waals surface area contributed by atoms with Gasteiger partial charge in [-0.3, -0.25) is 4.79 Å². The van der Waals surface area contributed by atoms with E-state index in [1.807, 2.05) is 42.6 Å². The van der Waals surface area contributed by atoms with Crippen molar-refractivity contribution in [1.29, 1.82) is 0 Å². The Kier molecular flexibility index (Phi) is 7.02. The van der Waals surface area contributed by atoms with E-state index in [-0.39, 0.29) is 5.91 Å². The van der Waals surface area contributed by atoms with E-state index in [0.717, 1.165) is 17.0 Å². The van der Waals surface area contributed by atoms with Crippen molar-refractivity contribution in [3.05, 3.63) is 100 Å². The summed E-state index contributed by atoms with van der Waals surface area (Å²) in [7, 11) is 1.65. The SMILES string of the molecule is C=CCN(Cc1cccn1Cc1cccc(OC)c1)C(=O)c1cc(Cl)cc(Cl)c1. The van der Waals surface area contributed by atoms with Crippen molar-refractivity contribution in [1.82, 2.24) is 9.47 Å². The zero-order chi connectivity index (χ0) is 20.8. The molecule has 6 heteroatoms. The molecule has 0 radical (unpaired) electrons. The summed E-state index contributed by atoms with van der Waals surface area (Å²) in [5, 5.41) is 0.863. The standard InChI is InChI=1S/C23H22Cl2N2O2/c1-3-9-27(23(28)18-12-19(24)14-20(25)13-18)16-21-7-5-10-26(21)15-17-6-4-8-22(11-17)29-2/h3-8,10-14H,1,9,15-16H2,2H3. The van der Waals surface area contributed by atoms with E-state index in [1.54, 1.807) is 36.3 Å². The molecule has 0 fully saturated rings. The van der Waals surface area contributed by atoms with E-state index in [1.165, 1.54) is 0 Å². The van der Waals surface area contributed by atoms with Gasteiger partial charge >= 0.3 is 0 Å². The third-order valence-electron chi connectivity index (χ3n) is 4.51. The van der Waals surface area contributed by atoms with Crippen LogP contribution in [0, 0.1) is 0 Å². The first-order valence-electron chi connectivity index (χ1n) is 9.13. The number of carbonyl (C=O) groups is 1. The van der Waals surface area contributed by atoms with Crippen LogP contribution < -0.4 is 4.74 Å². The largest absolute Gasteiger partial charge is 0.497 e. The minimum Gasteiger partial charge on any atom is -0.497 e. The van der Waals surface area contributed by atoms with E-state index in [0.29, 0.717) is 35.2 Å². The minimum atomic E-state index is -0.150. The summed E-state index contributed by atoms with van der Waals surface area (Å²) in [4.78, 5) is 14.8. The molecule has 1 heterocycles. The van der Waals surface area contributed by atoms with Gasteiger partial charge in [-0.1, -0.05) is 41.4 Å². The third-order valence-corrected chi connectivity index (χ3v) is 4.95. The second-order valence-electron chi connectivity index (χ2n) is 6.61. The fraction of sp³-hybridized carbons (Fsp3) is 0.174. The molecule has 3 aromatic rings. The predicted molar refractivity (Wildman–Crippen MR) is 118 cm³/mol. The molecule has 0 atom stereocenters. The van der Waals surface area contributed by atoms with Gasteiger partial charge in [0.1, 0.15) is 5.75 Å². The number of amides is 1. The maximum atomic E-state index is 13.1. The Morgan fingerprint density at radius 2 is 1.90 bits per heavy atom. The molecular formula is C23H22Cl2N2O2. The van der Waals surface area contributed by atoms with Crippen molar-refractivity contribution in [2.24, 2.45) is 0 Å². The molecule has 2 aromatic carbocycles. The zero-order valence-corrected chi connectivity index (χ0v) is 17.7. The topological polar surface area (TPSA) is 34.5 Å². The monoisotopic (exact) mass is 428 g/mol. The Morgan fingerprint density at radius 1 is 1.14 bits per heavy atom. The Hall–Kier alpha value is -2.69. The summed E-state index contributed by atoms with van der Waals surface area (Å²) in [6, 6.07) is 16.8. The number of rotatable bonds is 8. The van der Waals surface area contributed by atoms with Crippen LogP contribution >= 0.6 is 23.2 Å². The Labute approximate surface area is 180 Å². The molecule has 0 saturated heterocycles. The summed E-state index contributed by atoms with van der Waals surface area (Å²) < 4.78 is 7.42. The molecule has 3 rings (SSSR count). The molecule has 1 aromatic heterocycles. The molecule has 29 heavy (non-hydrogen) atoms. The van der Waals surface area contributed by atoms with Gasteiger partial charge in [-0.15, -0.1) is 6.58 Å². The number of methoxy groups -OCH3 is 1. The van der Waals surface area contributed by atoms with E-state index < -0.39 is 0 Å². The normalized spacial score (nSPS) is 10.6. The van der Waals surface area contributed by atoms with E-state index in [2.05, 4.69) is 11.1 Å². The van der Waals surface area contributed by atoms with Crippen molar-refractivity contribution in [3.8, 4) is 5.75 Å². The van der Waals surface area contributed by atoms with Crippen LogP contribution in [-0.4, -0.2) is 29.0 Å². The molecule has 1 amide bonds. The van der Waals surface area contributed by atoms with Gasteiger partial charge < -0.3 is 14.2 Å². The molecule has 0 spiro atoms. The first kappa shape index (κ1) is 21.0. The highest BCUT2D eigenvalue weighted by molar-refractivity contribution is 6.35. The number of aromatic nitrogens is 1. The Balaban J connectivity index is 1.82. The maximum absolute atomic E-state index is 13.1. The lowest BCUT2D eigenvalue weighted by Crippen LogP contribution is -2.31. The average molecular weight is 429 g/mol. The Morgan fingerprint density at radius 3 is 2.59 bits per heavy atom. The summed E-state index contributed by atoms with van der Waals surface area (Å²) in [5.41, 5.74) is 2.58. The Bertz CT molecular complexity index is 993. The minimum absolute atomic E-state index is 0.150. The smallest absolute Gasteiger partial charge is 0.254 e. The van der Waals surface area contributed by atoms with Crippen molar-refractivity contribution >= 4 is 29.1 Å². The number of hydrogen-bond acceptors (Lipinski definition) is 2. The van der Waals surface area contributed by atoms with Crippen LogP contribution in [0.1, 0.15) is 21.6 Å². The lowest BCUT2D eigenvalue weighted by Gasteiger charge is -2.22. The second kappa shape index (κ2) is 9.68. The predicted octanol–water partition coefficient (Wildman–Crippen LogP) is 5.68. The number of hydrogen-bond donors (Lipinski definition) is 0. The van der Waals surface area contributed by atoms with Crippen LogP contribution in [-0.2, 0) is 13.1 Å². The van der Waals surface area contributed by atoms with Gasteiger partial charge in [-0.05, 0) is 48.0 Å². The summed E-state index contributed by atoms with van der Waals surface area (Å²) in [6.45, 7) is 5.31. The van der Waals surface area contributed by atoms with E-state index >= 15 is 0 Å². The summed E-state index contributed by atoms with van der Waals surface area (Å²) >= 11 is 12.1. The fourth-order valence-electron chi connectivity index (χ4n) is 3.15. The van der Waals surface area contributed by atoms with Gasteiger partial charge in [0.05, 0.1) is 13.7 Å². The molecule has 150 valence electrons. The third kappa shape index (κ3) is 5.43. The first-order chi connectivity index (χ1) is 14.0. The molecule has 0 aliphatic rings. The number of halogens is 2. The van der Waals surface area contributed by atoms with Crippen molar-refractivity contribution in [2.45, 2.75) is 13.1 Å². The molecule has 0 aliphatic carbocycles. The second-order valence-corrected chi connectivity index (χ2v) is 7.48. The number of nitrogens with zero attached hydrogens (tertiary/aromatic N) is 2.